The van der Waals surface area contributed by atoms with E-state index in [1.54, 1.807) is 0 Å². The van der Waals surface area contributed by atoms with E-state index in [4.69, 9.17) is 0 Å². The van der Waals surface area contributed by atoms with Gasteiger partial charge in [-0.05, 0) is 18.6 Å². The Hall–Kier alpha value is -2.09. The van der Waals surface area contributed by atoms with Gasteiger partial charge in [-0.2, -0.15) is 0 Å². The van der Waals surface area contributed by atoms with Crippen LogP contribution in [0, 0.1) is 5.92 Å². The Morgan fingerprint density at radius 2 is 2.05 bits per heavy atom. The van der Waals surface area contributed by atoms with Crippen LogP contribution in [0.15, 0.2) is 70.6 Å². The van der Waals surface area contributed by atoms with Gasteiger partial charge >= 0.3 is 0 Å². The lowest BCUT2D eigenvalue weighted by Gasteiger charge is -2.24. The Labute approximate surface area is 113 Å². The predicted octanol–water partition coefficient (Wildman–Crippen LogP) is 2.45. The van der Waals surface area contributed by atoms with Crippen LogP contribution in [-0.4, -0.2) is 23.9 Å². The first-order valence-corrected chi connectivity index (χ1v) is 6.77. The first-order chi connectivity index (χ1) is 9.24. The molecular weight excluding hydrogens is 232 g/mol. The molecule has 94 valence electrons. The number of fused-ring (bicyclic) bond motifs is 3. The summed E-state index contributed by atoms with van der Waals surface area (Å²) in [5.74, 6) is 0.427. The maximum absolute atomic E-state index is 3.67. The fraction of sp³-hybridized carbons (Fsp3) is 0.235. The number of allylic oxidation sites excluding steroid dienone is 6. The first-order valence-electron chi connectivity index (χ1n) is 6.77. The highest BCUT2D eigenvalue weighted by atomic mass is 15.0. The molecule has 0 amide bonds. The van der Waals surface area contributed by atoms with Crippen molar-refractivity contribution < 1.29 is 4.58 Å². The Morgan fingerprint density at radius 3 is 2.95 bits per heavy atom. The highest BCUT2D eigenvalue weighted by Crippen LogP contribution is 2.40. The highest BCUT2D eigenvalue weighted by molar-refractivity contribution is 5.84. The summed E-state index contributed by atoms with van der Waals surface area (Å²) in [7, 11) is 2.09. The second-order valence-electron chi connectivity index (χ2n) is 5.57. The van der Waals surface area contributed by atoms with Gasteiger partial charge in [0.15, 0.2) is 12.4 Å². The van der Waals surface area contributed by atoms with Gasteiger partial charge in [-0.25, -0.2) is 4.58 Å². The Balaban J connectivity index is 1.95. The maximum atomic E-state index is 3.67. The third-order valence-electron chi connectivity index (χ3n) is 4.25. The zero-order chi connectivity index (χ0) is 13.0. The topological polar surface area (TPSA) is 15.0 Å². The minimum absolute atomic E-state index is 0.343. The molecule has 0 bridgehead atoms. The lowest BCUT2D eigenvalue weighted by molar-refractivity contribution is -0.418. The van der Waals surface area contributed by atoms with E-state index in [1.807, 2.05) is 0 Å². The minimum Gasteiger partial charge on any atom is -0.374 e. The summed E-state index contributed by atoms with van der Waals surface area (Å²) < 4.78 is 2.13. The van der Waals surface area contributed by atoms with Crippen molar-refractivity contribution in [2.45, 2.75) is 13.0 Å². The van der Waals surface area contributed by atoms with E-state index < -0.39 is 0 Å². The van der Waals surface area contributed by atoms with Crippen molar-refractivity contribution in [2.75, 3.05) is 7.05 Å². The molecule has 0 saturated carbocycles. The molecule has 2 nitrogen and oxygen atoms in total. The van der Waals surface area contributed by atoms with Gasteiger partial charge in [0.1, 0.15) is 7.05 Å². The van der Waals surface area contributed by atoms with Crippen LogP contribution in [0.1, 0.15) is 6.92 Å². The van der Waals surface area contributed by atoms with Crippen LogP contribution in [0.5, 0.6) is 0 Å². The van der Waals surface area contributed by atoms with E-state index in [9.17, 15) is 0 Å². The van der Waals surface area contributed by atoms with E-state index in [2.05, 4.69) is 72.7 Å². The Morgan fingerprint density at radius 1 is 1.16 bits per heavy atom. The lowest BCUT2D eigenvalue weighted by atomic mass is 9.82. The summed E-state index contributed by atoms with van der Waals surface area (Å²) in [5.41, 5.74) is 6.89. The second kappa shape index (κ2) is 3.70. The minimum atomic E-state index is 0.343. The summed E-state index contributed by atoms with van der Waals surface area (Å²) in [6, 6.07) is 0.343. The van der Waals surface area contributed by atoms with Gasteiger partial charge in [-0.3, -0.25) is 0 Å². The summed E-state index contributed by atoms with van der Waals surface area (Å²) in [5, 5.41) is 3.67. The molecule has 0 aromatic carbocycles. The number of nitrogens with zero attached hydrogens (tertiary/aromatic N) is 1. The van der Waals surface area contributed by atoms with E-state index in [0.29, 0.717) is 12.0 Å². The van der Waals surface area contributed by atoms with Crippen LogP contribution in [-0.2, 0) is 0 Å². The van der Waals surface area contributed by atoms with E-state index in [0.717, 1.165) is 0 Å². The quantitative estimate of drug-likeness (QED) is 0.652. The largest absolute Gasteiger partial charge is 0.374 e. The zero-order valence-electron chi connectivity index (χ0n) is 11.2. The molecule has 2 heterocycles. The number of nitrogens with one attached hydrogen (secondary N) is 1. The second-order valence-corrected chi connectivity index (χ2v) is 5.57. The Bertz CT molecular complexity index is 678. The van der Waals surface area contributed by atoms with Crippen LogP contribution in [0.25, 0.3) is 0 Å². The summed E-state index contributed by atoms with van der Waals surface area (Å²) in [4.78, 5) is 0. The van der Waals surface area contributed by atoms with Crippen molar-refractivity contribution in [1.29, 1.82) is 0 Å². The molecular formula is C17H17N2+. The molecule has 2 aliphatic carbocycles. The number of hydrogen-bond acceptors (Lipinski definition) is 1. The normalized spacial score (nSPS) is 30.6. The third-order valence-corrected chi connectivity index (χ3v) is 4.25. The van der Waals surface area contributed by atoms with Crippen molar-refractivity contribution in [3.63, 3.8) is 0 Å². The van der Waals surface area contributed by atoms with Gasteiger partial charge in [0, 0.05) is 11.5 Å². The van der Waals surface area contributed by atoms with Crippen molar-refractivity contribution in [3.05, 3.63) is 70.6 Å². The van der Waals surface area contributed by atoms with Crippen molar-refractivity contribution >= 4 is 6.21 Å². The molecule has 2 aliphatic heterocycles. The molecule has 1 N–H and O–H groups in total. The third kappa shape index (κ3) is 1.46. The average Bonchev–Trinajstić information content (AvgIpc) is 2.78. The van der Waals surface area contributed by atoms with Gasteiger partial charge in [0.05, 0.1) is 17.3 Å². The summed E-state index contributed by atoms with van der Waals surface area (Å²) in [6.07, 6.45) is 17.7. The van der Waals surface area contributed by atoms with Crippen molar-refractivity contribution in [2.24, 2.45) is 5.92 Å². The van der Waals surface area contributed by atoms with Crippen LogP contribution in [0.4, 0.5) is 0 Å². The molecule has 0 saturated heterocycles. The monoisotopic (exact) mass is 249 g/mol. The van der Waals surface area contributed by atoms with Crippen LogP contribution in [0.2, 0.25) is 0 Å². The molecule has 2 unspecified atom stereocenters. The van der Waals surface area contributed by atoms with Crippen LogP contribution < -0.4 is 5.32 Å². The Kier molecular flexibility index (Phi) is 2.10. The lowest BCUT2D eigenvalue weighted by Crippen LogP contribution is -2.27. The van der Waals surface area contributed by atoms with Gasteiger partial charge < -0.3 is 5.32 Å². The van der Waals surface area contributed by atoms with Crippen molar-refractivity contribution in [1.82, 2.24) is 5.32 Å². The number of rotatable bonds is 0. The standard InChI is InChI=1S/C17H16N2/c1-11-9-14-13-5-3-4-6-16(13)18-17(14)15-10-19(2)8-7-12(11)15/h3-10,12,16H,1-2H3/p+1. The maximum Gasteiger partial charge on any atom is 0.174 e. The molecule has 0 fully saturated rings. The predicted molar refractivity (Wildman–Crippen MR) is 77.9 cm³/mol. The summed E-state index contributed by atoms with van der Waals surface area (Å²) in [6.45, 7) is 2.23. The van der Waals surface area contributed by atoms with Gasteiger partial charge in [0.25, 0.3) is 0 Å². The average molecular weight is 249 g/mol. The fourth-order valence-electron chi connectivity index (χ4n) is 3.30. The highest BCUT2D eigenvalue weighted by Gasteiger charge is 2.35. The molecule has 19 heavy (non-hydrogen) atoms. The molecule has 4 rings (SSSR count). The van der Waals surface area contributed by atoms with Crippen LogP contribution in [0.3, 0.4) is 0 Å². The van der Waals surface area contributed by atoms with E-state index in [-0.39, 0.29) is 0 Å². The smallest absolute Gasteiger partial charge is 0.174 e. The summed E-state index contributed by atoms with van der Waals surface area (Å²) >= 11 is 0. The fourth-order valence-corrected chi connectivity index (χ4v) is 3.30. The molecule has 4 aliphatic rings. The van der Waals surface area contributed by atoms with Gasteiger partial charge in [0.2, 0.25) is 0 Å². The zero-order valence-corrected chi connectivity index (χ0v) is 11.2. The SMILES string of the molecule is CC1=CC2=C3C=CC=CC3NC2=C2C=[N+](C)C=CC12. The van der Waals surface area contributed by atoms with Crippen LogP contribution >= 0.6 is 0 Å². The van der Waals surface area contributed by atoms with E-state index >= 15 is 0 Å². The molecule has 0 aromatic heterocycles. The molecule has 0 radical (unpaired) electrons. The molecule has 0 aromatic rings. The first kappa shape index (κ1) is 10.8. The molecule has 2 heteroatoms. The molecule has 2 atom stereocenters. The van der Waals surface area contributed by atoms with Gasteiger partial charge in [-0.1, -0.05) is 36.0 Å². The van der Waals surface area contributed by atoms with Crippen molar-refractivity contribution in [3.8, 4) is 0 Å². The number of hydrogen-bond donors (Lipinski definition) is 1. The molecule has 0 spiro atoms. The van der Waals surface area contributed by atoms with E-state index in [1.165, 1.54) is 28.0 Å². The van der Waals surface area contributed by atoms with Gasteiger partial charge in [-0.15, -0.1) is 0 Å².